The van der Waals surface area contributed by atoms with Crippen LogP contribution in [0.4, 0.5) is 0 Å². The van der Waals surface area contributed by atoms with Gasteiger partial charge in [-0.05, 0) is 48.4 Å². The number of rotatable bonds is 6. The Morgan fingerprint density at radius 1 is 1.09 bits per heavy atom. The van der Waals surface area contributed by atoms with Gasteiger partial charge in [0, 0.05) is 12.5 Å². The van der Waals surface area contributed by atoms with Crippen molar-refractivity contribution in [3.63, 3.8) is 0 Å². The Kier molecular flexibility index (Phi) is 5.76. The molecule has 35 heavy (non-hydrogen) atoms. The number of amides is 1. The monoisotopic (exact) mass is 473 g/mol. The Bertz CT molecular complexity index is 1400. The number of ether oxygens (including phenoxy) is 2. The lowest BCUT2D eigenvalue weighted by atomic mass is 10.1. The van der Waals surface area contributed by atoms with Gasteiger partial charge < -0.3 is 18.9 Å². The van der Waals surface area contributed by atoms with Crippen LogP contribution in [-0.4, -0.2) is 44.7 Å². The largest absolute Gasteiger partial charge is 0.497 e. The summed E-state index contributed by atoms with van der Waals surface area (Å²) in [6.45, 7) is 6.74. The molecule has 2 aromatic carbocycles. The Morgan fingerprint density at radius 3 is 2.51 bits per heavy atom. The van der Waals surface area contributed by atoms with Crippen LogP contribution in [0.2, 0.25) is 0 Å². The number of fused-ring (bicyclic) bond motifs is 3. The molecule has 1 amide bonds. The average Bonchev–Trinajstić information content (AvgIpc) is 3.49. The summed E-state index contributed by atoms with van der Waals surface area (Å²) >= 11 is 0. The van der Waals surface area contributed by atoms with E-state index < -0.39 is 0 Å². The first-order valence-electron chi connectivity index (χ1n) is 11.4. The summed E-state index contributed by atoms with van der Waals surface area (Å²) in [5.41, 5.74) is 4.74. The molecule has 0 fully saturated rings. The number of carbonyl (C=O) groups is 1. The fourth-order valence-electron chi connectivity index (χ4n) is 4.24. The SMILES string of the molecule is COc1ccc(CN2Cc3c(-c4noc(C(C)C)n4)ncn3-c3ccc(OC)cc3C2=O)c(C)c1. The molecular weight excluding hydrogens is 446 g/mol. The van der Waals surface area contributed by atoms with E-state index >= 15 is 0 Å². The zero-order chi connectivity index (χ0) is 24.7. The van der Waals surface area contributed by atoms with Crippen molar-refractivity contribution in [1.82, 2.24) is 24.6 Å². The molecule has 0 N–H and O–H groups in total. The first kappa shape index (κ1) is 22.6. The number of aryl methyl sites for hydroxylation is 1. The number of nitrogens with zero attached hydrogens (tertiary/aromatic N) is 5. The Hall–Kier alpha value is -4.14. The van der Waals surface area contributed by atoms with Crippen LogP contribution < -0.4 is 9.47 Å². The van der Waals surface area contributed by atoms with Crippen LogP contribution in [0, 0.1) is 6.92 Å². The lowest BCUT2D eigenvalue weighted by Crippen LogP contribution is -2.29. The Labute approximate surface area is 203 Å². The topological polar surface area (TPSA) is 95.5 Å². The second-order valence-electron chi connectivity index (χ2n) is 8.86. The Morgan fingerprint density at radius 2 is 1.83 bits per heavy atom. The van der Waals surface area contributed by atoms with Crippen LogP contribution >= 0.6 is 0 Å². The number of aromatic nitrogens is 4. The molecular formula is C26H27N5O4. The minimum atomic E-state index is -0.0975. The summed E-state index contributed by atoms with van der Waals surface area (Å²) in [5.74, 6) is 2.35. The van der Waals surface area contributed by atoms with Crippen molar-refractivity contribution >= 4 is 5.91 Å². The molecule has 0 bridgehead atoms. The molecule has 0 aliphatic carbocycles. The van der Waals surface area contributed by atoms with Gasteiger partial charge in [-0.2, -0.15) is 4.98 Å². The van der Waals surface area contributed by atoms with Crippen molar-refractivity contribution in [2.45, 2.75) is 39.8 Å². The van der Waals surface area contributed by atoms with E-state index in [0.29, 0.717) is 41.8 Å². The summed E-state index contributed by atoms with van der Waals surface area (Å²) in [6, 6.07) is 11.3. The normalized spacial score (nSPS) is 13.0. The van der Waals surface area contributed by atoms with Crippen molar-refractivity contribution in [1.29, 1.82) is 0 Å². The van der Waals surface area contributed by atoms with Crippen molar-refractivity contribution in [3.8, 4) is 28.7 Å². The fraction of sp³-hybridized carbons (Fsp3) is 0.308. The van der Waals surface area contributed by atoms with Crippen LogP contribution in [0.3, 0.4) is 0 Å². The quantitative estimate of drug-likeness (QED) is 0.406. The maximum Gasteiger partial charge on any atom is 0.256 e. The van der Waals surface area contributed by atoms with Gasteiger partial charge in [0.05, 0.1) is 37.7 Å². The van der Waals surface area contributed by atoms with Gasteiger partial charge in [-0.25, -0.2) is 4.98 Å². The molecule has 9 heteroatoms. The second-order valence-corrected chi connectivity index (χ2v) is 8.86. The highest BCUT2D eigenvalue weighted by Crippen LogP contribution is 2.33. The highest BCUT2D eigenvalue weighted by atomic mass is 16.5. The molecule has 9 nitrogen and oxygen atoms in total. The molecule has 1 aliphatic rings. The Balaban J connectivity index is 1.62. The molecule has 0 saturated carbocycles. The third kappa shape index (κ3) is 4.03. The lowest BCUT2D eigenvalue weighted by Gasteiger charge is -2.22. The summed E-state index contributed by atoms with van der Waals surface area (Å²) in [7, 11) is 3.23. The van der Waals surface area contributed by atoms with E-state index in [2.05, 4.69) is 15.1 Å². The van der Waals surface area contributed by atoms with Crippen molar-refractivity contribution < 1.29 is 18.8 Å². The third-order valence-electron chi connectivity index (χ3n) is 6.25. The molecule has 180 valence electrons. The predicted octanol–water partition coefficient (Wildman–Crippen LogP) is 4.53. The molecule has 0 radical (unpaired) electrons. The summed E-state index contributed by atoms with van der Waals surface area (Å²) in [5, 5.41) is 4.16. The van der Waals surface area contributed by atoms with Gasteiger partial charge in [-0.1, -0.05) is 25.1 Å². The van der Waals surface area contributed by atoms with Crippen LogP contribution in [0.1, 0.15) is 52.8 Å². The molecule has 1 aliphatic heterocycles. The maximum absolute atomic E-state index is 13.8. The standard InChI is InChI=1S/C26H27N5O4/c1-15(2)25-28-24(29-35-25)23-22-13-30(12-17-6-7-18(33-4)10-16(17)3)26(32)20-11-19(34-5)8-9-21(20)31(22)14-27-23/h6-11,14-15H,12-13H2,1-5H3. The summed E-state index contributed by atoms with van der Waals surface area (Å²) < 4.78 is 18.1. The van der Waals surface area contributed by atoms with Gasteiger partial charge in [0.15, 0.2) is 0 Å². The van der Waals surface area contributed by atoms with Gasteiger partial charge in [0.1, 0.15) is 23.5 Å². The number of benzene rings is 2. The van der Waals surface area contributed by atoms with Crippen molar-refractivity contribution in [3.05, 3.63) is 71.0 Å². The highest BCUT2D eigenvalue weighted by molar-refractivity contribution is 5.99. The first-order chi connectivity index (χ1) is 16.9. The second kappa shape index (κ2) is 8.90. The van der Waals surface area contributed by atoms with Gasteiger partial charge in [-0.3, -0.25) is 9.36 Å². The van der Waals surface area contributed by atoms with E-state index in [1.165, 1.54) is 0 Å². The molecule has 0 spiro atoms. The van der Waals surface area contributed by atoms with E-state index in [4.69, 9.17) is 14.0 Å². The highest BCUT2D eigenvalue weighted by Gasteiger charge is 2.31. The fourth-order valence-corrected chi connectivity index (χ4v) is 4.24. The molecule has 4 aromatic rings. The van der Waals surface area contributed by atoms with E-state index in [1.54, 1.807) is 31.5 Å². The van der Waals surface area contributed by atoms with Gasteiger partial charge in [-0.15, -0.1) is 0 Å². The number of hydrogen-bond acceptors (Lipinski definition) is 7. The van der Waals surface area contributed by atoms with Crippen molar-refractivity contribution in [2.75, 3.05) is 14.2 Å². The molecule has 0 unspecified atom stereocenters. The number of imidazole rings is 1. The van der Waals surface area contributed by atoms with Gasteiger partial charge in [0.2, 0.25) is 11.7 Å². The van der Waals surface area contributed by atoms with Crippen LogP contribution in [-0.2, 0) is 13.1 Å². The number of carbonyl (C=O) groups excluding carboxylic acids is 1. The van der Waals surface area contributed by atoms with Crippen LogP contribution in [0.5, 0.6) is 11.5 Å². The molecule has 5 rings (SSSR count). The minimum absolute atomic E-state index is 0.0975. The molecule has 0 saturated heterocycles. The lowest BCUT2D eigenvalue weighted by molar-refractivity contribution is 0.0732. The zero-order valence-corrected chi connectivity index (χ0v) is 20.4. The van der Waals surface area contributed by atoms with Crippen LogP contribution in [0.25, 0.3) is 17.2 Å². The maximum atomic E-state index is 13.8. The minimum Gasteiger partial charge on any atom is -0.497 e. The molecule has 0 atom stereocenters. The van der Waals surface area contributed by atoms with E-state index in [9.17, 15) is 4.79 Å². The summed E-state index contributed by atoms with van der Waals surface area (Å²) in [6.07, 6.45) is 1.71. The predicted molar refractivity (Wildman–Crippen MR) is 129 cm³/mol. The van der Waals surface area contributed by atoms with E-state index in [-0.39, 0.29) is 11.8 Å². The average molecular weight is 474 g/mol. The third-order valence-corrected chi connectivity index (χ3v) is 6.25. The molecule has 3 heterocycles. The molecule has 2 aromatic heterocycles. The van der Waals surface area contributed by atoms with Crippen LogP contribution in [0.15, 0.2) is 47.2 Å². The van der Waals surface area contributed by atoms with Gasteiger partial charge in [0.25, 0.3) is 5.91 Å². The summed E-state index contributed by atoms with van der Waals surface area (Å²) in [4.78, 5) is 24.8. The smallest absolute Gasteiger partial charge is 0.256 e. The van der Waals surface area contributed by atoms with E-state index in [1.807, 2.05) is 55.7 Å². The van der Waals surface area contributed by atoms with Gasteiger partial charge >= 0.3 is 0 Å². The number of hydrogen-bond donors (Lipinski definition) is 0. The zero-order valence-electron chi connectivity index (χ0n) is 20.4. The van der Waals surface area contributed by atoms with Crippen molar-refractivity contribution in [2.24, 2.45) is 0 Å². The number of methoxy groups -OCH3 is 2. The first-order valence-corrected chi connectivity index (χ1v) is 11.4. The van der Waals surface area contributed by atoms with E-state index in [0.717, 1.165) is 28.3 Å².